The van der Waals surface area contributed by atoms with Gasteiger partial charge in [-0.3, -0.25) is 9.59 Å². The zero-order chi connectivity index (χ0) is 11.3. The molecule has 0 amide bonds. The van der Waals surface area contributed by atoms with Crippen molar-refractivity contribution in [3.63, 3.8) is 0 Å². The topological polar surface area (TPSA) is 75.3 Å². The van der Waals surface area contributed by atoms with E-state index >= 15 is 0 Å². The molecule has 0 aliphatic carbocycles. The quantitative estimate of drug-likeness (QED) is 0.696. The summed E-state index contributed by atoms with van der Waals surface area (Å²) in [5, 5.41) is 0. The molecule has 0 saturated carbocycles. The maximum absolute atomic E-state index is 11.4. The predicted molar refractivity (Wildman–Crippen MR) is 54.8 cm³/mol. The summed E-state index contributed by atoms with van der Waals surface area (Å²) in [6.45, 7) is 2.36. The zero-order valence-electron chi connectivity index (χ0n) is 8.69. The summed E-state index contributed by atoms with van der Waals surface area (Å²) in [6, 6.07) is 0. The van der Waals surface area contributed by atoms with E-state index in [2.05, 4.69) is 14.7 Å². The number of likely N-dealkylation sites (N-methyl/N-ethyl adjacent to an activating group) is 1. The van der Waals surface area contributed by atoms with Crippen LogP contribution in [-0.4, -0.2) is 36.1 Å². The van der Waals surface area contributed by atoms with Crippen LogP contribution in [0.4, 0.5) is 5.82 Å². The smallest absolute Gasteiger partial charge is 0.325 e. The van der Waals surface area contributed by atoms with Crippen LogP contribution < -0.4 is 10.5 Å². The molecule has 0 fully saturated rings. The second-order valence-corrected chi connectivity index (χ2v) is 2.83. The Labute approximate surface area is 86.9 Å². The Kier molecular flexibility index (Phi) is 3.84. The van der Waals surface area contributed by atoms with Crippen molar-refractivity contribution in [2.24, 2.45) is 0 Å². The molecule has 1 aromatic heterocycles. The lowest BCUT2D eigenvalue weighted by atomic mass is 10.4. The highest BCUT2D eigenvalue weighted by Gasteiger charge is 2.13. The number of aromatic amines is 1. The number of carbonyl (C=O) groups excluding carboxylic acids is 1. The molecule has 0 aliphatic heterocycles. The Bertz CT molecular complexity index is 388. The van der Waals surface area contributed by atoms with Crippen LogP contribution in [0.25, 0.3) is 0 Å². The van der Waals surface area contributed by atoms with Gasteiger partial charge in [0.2, 0.25) is 0 Å². The minimum atomic E-state index is -0.401. The van der Waals surface area contributed by atoms with Crippen LogP contribution in [0.5, 0.6) is 0 Å². The molecular weight excluding hydrogens is 198 g/mol. The predicted octanol–water partition coefficient (Wildman–Crippen LogP) is -0.231. The van der Waals surface area contributed by atoms with E-state index in [0.29, 0.717) is 6.54 Å². The molecule has 1 heterocycles. The number of ether oxygens (including phenoxy) is 1. The van der Waals surface area contributed by atoms with Crippen molar-refractivity contribution < 1.29 is 9.53 Å². The first-order valence-corrected chi connectivity index (χ1v) is 4.54. The third-order valence-corrected chi connectivity index (χ3v) is 1.92. The highest BCUT2D eigenvalue weighted by Crippen LogP contribution is 2.01. The summed E-state index contributed by atoms with van der Waals surface area (Å²) < 4.78 is 4.52. The van der Waals surface area contributed by atoms with E-state index in [1.807, 2.05) is 6.92 Å². The Morgan fingerprint density at radius 1 is 1.67 bits per heavy atom. The third-order valence-electron chi connectivity index (χ3n) is 1.92. The van der Waals surface area contributed by atoms with Gasteiger partial charge in [-0.1, -0.05) is 0 Å². The number of carbonyl (C=O) groups is 1. The standard InChI is InChI=1S/C9H13N3O3/c1-3-12(6-7(13)15-2)8-9(14)11-5-4-10-8/h4-5H,3,6H2,1-2H3,(H,11,14). The molecule has 0 radical (unpaired) electrons. The molecule has 0 aliphatic rings. The fourth-order valence-corrected chi connectivity index (χ4v) is 1.13. The van der Waals surface area contributed by atoms with E-state index < -0.39 is 5.97 Å². The highest BCUT2D eigenvalue weighted by molar-refractivity contribution is 5.75. The molecule has 15 heavy (non-hydrogen) atoms. The fourth-order valence-electron chi connectivity index (χ4n) is 1.13. The van der Waals surface area contributed by atoms with E-state index in [9.17, 15) is 9.59 Å². The maximum Gasteiger partial charge on any atom is 0.325 e. The van der Waals surface area contributed by atoms with Crippen LogP contribution in [0.1, 0.15) is 6.92 Å². The van der Waals surface area contributed by atoms with Crippen molar-refractivity contribution in [1.29, 1.82) is 0 Å². The Balaban J connectivity index is 2.88. The molecule has 82 valence electrons. The normalized spacial score (nSPS) is 9.73. The van der Waals surface area contributed by atoms with E-state index in [1.165, 1.54) is 19.5 Å². The van der Waals surface area contributed by atoms with Crippen molar-refractivity contribution in [3.05, 3.63) is 22.7 Å². The molecule has 6 heteroatoms. The summed E-state index contributed by atoms with van der Waals surface area (Å²) in [4.78, 5) is 30.4. The lowest BCUT2D eigenvalue weighted by Gasteiger charge is -2.18. The van der Waals surface area contributed by atoms with E-state index in [-0.39, 0.29) is 17.9 Å². The molecular formula is C9H13N3O3. The van der Waals surface area contributed by atoms with E-state index in [4.69, 9.17) is 0 Å². The number of nitrogens with zero attached hydrogens (tertiary/aromatic N) is 2. The van der Waals surface area contributed by atoms with Gasteiger partial charge in [0, 0.05) is 18.9 Å². The summed E-state index contributed by atoms with van der Waals surface area (Å²) >= 11 is 0. The Morgan fingerprint density at radius 3 is 2.93 bits per heavy atom. The van der Waals surface area contributed by atoms with Crippen molar-refractivity contribution in [2.45, 2.75) is 6.92 Å². The van der Waals surface area contributed by atoms with Gasteiger partial charge >= 0.3 is 5.97 Å². The van der Waals surface area contributed by atoms with Gasteiger partial charge in [0.15, 0.2) is 5.82 Å². The number of methoxy groups -OCH3 is 1. The van der Waals surface area contributed by atoms with Gasteiger partial charge in [-0.25, -0.2) is 4.98 Å². The number of H-pyrrole nitrogens is 1. The number of rotatable bonds is 4. The second kappa shape index (κ2) is 5.14. The van der Waals surface area contributed by atoms with Crippen molar-refractivity contribution in [1.82, 2.24) is 9.97 Å². The molecule has 0 saturated heterocycles. The first-order valence-electron chi connectivity index (χ1n) is 4.54. The average molecular weight is 211 g/mol. The molecule has 0 atom stereocenters. The molecule has 6 nitrogen and oxygen atoms in total. The second-order valence-electron chi connectivity index (χ2n) is 2.83. The molecule has 1 N–H and O–H groups in total. The summed E-state index contributed by atoms with van der Waals surface area (Å²) in [7, 11) is 1.30. The van der Waals surface area contributed by atoms with Crippen molar-refractivity contribution in [3.8, 4) is 0 Å². The van der Waals surface area contributed by atoms with Gasteiger partial charge < -0.3 is 14.6 Å². The lowest BCUT2D eigenvalue weighted by molar-refractivity contribution is -0.138. The van der Waals surface area contributed by atoms with Crippen LogP contribution in [0.2, 0.25) is 0 Å². The summed E-state index contributed by atoms with van der Waals surface area (Å²) in [5.41, 5.74) is -0.316. The zero-order valence-corrected chi connectivity index (χ0v) is 8.69. The van der Waals surface area contributed by atoms with Gasteiger partial charge in [-0.15, -0.1) is 0 Å². The molecule has 0 aromatic carbocycles. The number of esters is 1. The third kappa shape index (κ3) is 2.80. The highest BCUT2D eigenvalue weighted by atomic mass is 16.5. The van der Waals surface area contributed by atoms with Crippen LogP contribution >= 0.6 is 0 Å². The van der Waals surface area contributed by atoms with Gasteiger partial charge in [0.1, 0.15) is 6.54 Å². The van der Waals surface area contributed by atoms with Crippen LogP contribution in [0.3, 0.4) is 0 Å². The monoisotopic (exact) mass is 211 g/mol. The molecule has 0 unspecified atom stereocenters. The first kappa shape index (κ1) is 11.2. The van der Waals surface area contributed by atoms with Crippen molar-refractivity contribution in [2.75, 3.05) is 25.1 Å². The minimum absolute atomic E-state index is 0.0209. The minimum Gasteiger partial charge on any atom is -0.468 e. The maximum atomic E-state index is 11.4. The largest absolute Gasteiger partial charge is 0.468 e. The number of nitrogens with one attached hydrogen (secondary N) is 1. The molecule has 0 bridgehead atoms. The molecule has 1 rings (SSSR count). The summed E-state index contributed by atoms with van der Waals surface area (Å²) in [5.74, 6) is -0.174. The van der Waals surface area contributed by atoms with E-state index in [1.54, 1.807) is 4.90 Å². The average Bonchev–Trinajstić information content (AvgIpc) is 2.26. The number of anilines is 1. The van der Waals surface area contributed by atoms with Crippen LogP contribution in [0, 0.1) is 0 Å². The number of hydrogen-bond donors (Lipinski definition) is 1. The SMILES string of the molecule is CCN(CC(=O)OC)c1ncc[nH]c1=O. The number of aromatic nitrogens is 2. The Hall–Kier alpha value is -1.85. The van der Waals surface area contributed by atoms with Crippen molar-refractivity contribution >= 4 is 11.8 Å². The van der Waals surface area contributed by atoms with Gasteiger partial charge in [-0.2, -0.15) is 0 Å². The van der Waals surface area contributed by atoms with Gasteiger partial charge in [0.25, 0.3) is 5.56 Å². The van der Waals surface area contributed by atoms with Crippen LogP contribution in [0.15, 0.2) is 17.2 Å². The van der Waals surface area contributed by atoms with Gasteiger partial charge in [0.05, 0.1) is 7.11 Å². The van der Waals surface area contributed by atoms with Gasteiger partial charge in [-0.05, 0) is 6.92 Å². The Morgan fingerprint density at radius 2 is 2.40 bits per heavy atom. The van der Waals surface area contributed by atoms with Crippen LogP contribution in [-0.2, 0) is 9.53 Å². The fraction of sp³-hybridized carbons (Fsp3) is 0.444. The first-order chi connectivity index (χ1) is 7.19. The number of hydrogen-bond acceptors (Lipinski definition) is 5. The lowest BCUT2D eigenvalue weighted by Crippen LogP contribution is -2.35. The molecule has 0 spiro atoms. The molecule has 1 aromatic rings. The summed E-state index contributed by atoms with van der Waals surface area (Å²) in [6.07, 6.45) is 2.91. The van der Waals surface area contributed by atoms with E-state index in [0.717, 1.165) is 0 Å².